The summed E-state index contributed by atoms with van der Waals surface area (Å²) in [6, 6.07) is 17.5. The molecule has 2 aromatic carbocycles. The minimum Gasteiger partial charge on any atom is -0.507 e. The lowest BCUT2D eigenvalue weighted by atomic mass is 9.96. The van der Waals surface area contributed by atoms with E-state index >= 15 is 0 Å². The van der Waals surface area contributed by atoms with Crippen LogP contribution < -0.4 is 0 Å². The van der Waals surface area contributed by atoms with Crippen molar-refractivity contribution >= 4 is 17.4 Å². The van der Waals surface area contributed by atoms with Gasteiger partial charge in [-0.05, 0) is 53.9 Å². The topological polar surface area (TPSA) is 70.5 Å². The second-order valence-corrected chi connectivity index (χ2v) is 7.02. The fourth-order valence-electron chi connectivity index (χ4n) is 3.66. The monoisotopic (exact) mass is 402 g/mol. The second kappa shape index (κ2) is 8.29. The Morgan fingerprint density at radius 2 is 1.63 bits per heavy atom. The molecule has 1 amide bonds. The number of benzene rings is 2. The number of aliphatic hydroxyl groups is 1. The van der Waals surface area contributed by atoms with E-state index < -0.39 is 23.5 Å². The maximum atomic E-state index is 13.3. The van der Waals surface area contributed by atoms with Crippen LogP contribution in [0.3, 0.4) is 0 Å². The lowest BCUT2D eigenvalue weighted by Crippen LogP contribution is -2.31. The first-order valence-corrected chi connectivity index (χ1v) is 9.54. The van der Waals surface area contributed by atoms with Gasteiger partial charge in [0.25, 0.3) is 11.7 Å². The van der Waals surface area contributed by atoms with Gasteiger partial charge in [0.15, 0.2) is 0 Å². The van der Waals surface area contributed by atoms with Crippen LogP contribution in [0.2, 0.25) is 0 Å². The maximum absolute atomic E-state index is 13.3. The number of hydrogen-bond acceptors (Lipinski definition) is 4. The molecular weight excluding hydrogens is 383 g/mol. The number of rotatable bonds is 5. The number of Topliss-reactive ketones (excluding diaryl/α,β-unsaturated/α-hetero) is 1. The Hall–Kier alpha value is -3.80. The van der Waals surface area contributed by atoms with E-state index in [2.05, 4.69) is 4.98 Å². The molecule has 1 aliphatic rings. The number of aromatic nitrogens is 1. The minimum absolute atomic E-state index is 0.00845. The molecule has 4 rings (SSSR count). The Kier molecular flexibility index (Phi) is 5.39. The summed E-state index contributed by atoms with van der Waals surface area (Å²) in [4.78, 5) is 31.2. The minimum atomic E-state index is -0.758. The van der Waals surface area contributed by atoms with Gasteiger partial charge >= 0.3 is 0 Å². The first-order chi connectivity index (χ1) is 14.6. The Morgan fingerprint density at radius 3 is 2.30 bits per heavy atom. The number of ketones is 1. The van der Waals surface area contributed by atoms with Crippen molar-refractivity contribution in [2.24, 2.45) is 0 Å². The summed E-state index contributed by atoms with van der Waals surface area (Å²) in [5, 5.41) is 10.9. The zero-order valence-corrected chi connectivity index (χ0v) is 16.0. The van der Waals surface area contributed by atoms with Gasteiger partial charge in [-0.15, -0.1) is 0 Å². The third kappa shape index (κ3) is 3.72. The van der Waals surface area contributed by atoms with Crippen molar-refractivity contribution in [2.75, 3.05) is 6.54 Å². The summed E-state index contributed by atoms with van der Waals surface area (Å²) in [7, 11) is 0. The molecule has 2 heterocycles. The van der Waals surface area contributed by atoms with Crippen LogP contribution in [-0.2, 0) is 16.0 Å². The van der Waals surface area contributed by atoms with Crippen molar-refractivity contribution in [3.05, 3.63) is 107 Å². The summed E-state index contributed by atoms with van der Waals surface area (Å²) >= 11 is 0. The van der Waals surface area contributed by atoms with Gasteiger partial charge in [-0.2, -0.15) is 0 Å². The first-order valence-electron chi connectivity index (χ1n) is 9.54. The van der Waals surface area contributed by atoms with E-state index in [9.17, 15) is 19.1 Å². The highest BCUT2D eigenvalue weighted by Gasteiger charge is 2.45. The SMILES string of the molecule is O=C1C(=O)N(CCc2ccccc2)C(c2ccncc2)/C1=C(\O)c1ccc(F)cc1. The number of aliphatic hydroxyl groups excluding tert-OH is 1. The molecule has 5 nitrogen and oxygen atoms in total. The van der Waals surface area contributed by atoms with Crippen LogP contribution in [0.4, 0.5) is 4.39 Å². The molecule has 6 heteroatoms. The van der Waals surface area contributed by atoms with Crippen LogP contribution in [-0.4, -0.2) is 33.2 Å². The smallest absolute Gasteiger partial charge is 0.295 e. The molecule has 1 unspecified atom stereocenters. The molecule has 1 aliphatic heterocycles. The highest BCUT2D eigenvalue weighted by molar-refractivity contribution is 6.46. The van der Waals surface area contributed by atoms with Crippen molar-refractivity contribution in [1.29, 1.82) is 0 Å². The third-order valence-corrected chi connectivity index (χ3v) is 5.16. The van der Waals surface area contributed by atoms with Gasteiger partial charge in [0.05, 0.1) is 11.6 Å². The summed E-state index contributed by atoms with van der Waals surface area (Å²) in [5.74, 6) is -2.21. The lowest BCUT2D eigenvalue weighted by molar-refractivity contribution is -0.139. The van der Waals surface area contributed by atoms with E-state index in [0.717, 1.165) is 5.56 Å². The van der Waals surface area contributed by atoms with E-state index in [1.165, 1.54) is 29.2 Å². The van der Waals surface area contributed by atoms with Crippen molar-refractivity contribution in [2.45, 2.75) is 12.5 Å². The van der Waals surface area contributed by atoms with Crippen molar-refractivity contribution in [3.63, 3.8) is 0 Å². The summed E-state index contributed by atoms with van der Waals surface area (Å²) in [6.07, 6.45) is 3.71. The van der Waals surface area contributed by atoms with Crippen LogP contribution in [0.5, 0.6) is 0 Å². The quantitative estimate of drug-likeness (QED) is 0.399. The Morgan fingerprint density at radius 1 is 0.967 bits per heavy atom. The molecule has 0 saturated carbocycles. The van der Waals surface area contributed by atoms with Crippen LogP contribution >= 0.6 is 0 Å². The second-order valence-electron chi connectivity index (χ2n) is 7.02. The number of amides is 1. The zero-order chi connectivity index (χ0) is 21.1. The highest BCUT2D eigenvalue weighted by atomic mass is 19.1. The van der Waals surface area contributed by atoms with Gasteiger partial charge < -0.3 is 10.0 Å². The standard InChI is InChI=1S/C24H19FN2O3/c25-19-8-6-18(7-9-19)22(28)20-21(17-10-13-26-14-11-17)27(24(30)23(20)29)15-12-16-4-2-1-3-5-16/h1-11,13-14,21,28H,12,15H2/b22-20+. The molecule has 3 aromatic rings. The van der Waals surface area contributed by atoms with Crippen molar-refractivity contribution in [3.8, 4) is 0 Å². The highest BCUT2D eigenvalue weighted by Crippen LogP contribution is 2.39. The Labute approximate surface area is 173 Å². The van der Waals surface area contributed by atoms with Crippen LogP contribution in [0.1, 0.15) is 22.7 Å². The number of pyridine rings is 1. The molecule has 1 fully saturated rings. The molecule has 0 aliphatic carbocycles. The van der Waals surface area contributed by atoms with Gasteiger partial charge in [0.2, 0.25) is 0 Å². The van der Waals surface area contributed by atoms with Crippen LogP contribution in [0.15, 0.2) is 84.7 Å². The van der Waals surface area contributed by atoms with Crippen molar-refractivity contribution < 1.29 is 19.1 Å². The van der Waals surface area contributed by atoms with Crippen LogP contribution in [0, 0.1) is 5.82 Å². The summed E-state index contributed by atoms with van der Waals surface area (Å²) < 4.78 is 13.3. The van der Waals surface area contributed by atoms with Crippen molar-refractivity contribution in [1.82, 2.24) is 9.88 Å². The fraction of sp³-hybridized carbons (Fsp3) is 0.125. The van der Waals surface area contributed by atoms with Gasteiger partial charge in [-0.3, -0.25) is 14.6 Å². The fourth-order valence-corrected chi connectivity index (χ4v) is 3.66. The number of halogens is 1. The van der Waals surface area contributed by atoms with Gasteiger partial charge in [-0.25, -0.2) is 4.39 Å². The zero-order valence-electron chi connectivity index (χ0n) is 16.0. The first kappa shape index (κ1) is 19.5. The van der Waals surface area contributed by atoms with E-state index in [0.29, 0.717) is 18.5 Å². The number of hydrogen-bond donors (Lipinski definition) is 1. The Bertz CT molecular complexity index is 1100. The number of likely N-dealkylation sites (tertiary alicyclic amines) is 1. The molecule has 1 saturated heterocycles. The van der Waals surface area contributed by atoms with Crippen LogP contribution in [0.25, 0.3) is 5.76 Å². The molecule has 150 valence electrons. The molecule has 1 N–H and O–H groups in total. The summed E-state index contributed by atoms with van der Waals surface area (Å²) in [6.45, 7) is 0.307. The molecule has 0 bridgehead atoms. The predicted octanol–water partition coefficient (Wildman–Crippen LogP) is 3.89. The number of carbonyl (C=O) groups is 2. The average Bonchev–Trinajstić information content (AvgIpc) is 3.04. The van der Waals surface area contributed by atoms with E-state index in [1.807, 2.05) is 30.3 Å². The van der Waals surface area contributed by atoms with E-state index in [4.69, 9.17) is 0 Å². The molecular formula is C24H19FN2O3. The number of carbonyl (C=O) groups excluding carboxylic acids is 2. The maximum Gasteiger partial charge on any atom is 0.295 e. The average molecular weight is 402 g/mol. The van der Waals surface area contributed by atoms with E-state index in [-0.39, 0.29) is 16.9 Å². The lowest BCUT2D eigenvalue weighted by Gasteiger charge is -2.25. The third-order valence-electron chi connectivity index (χ3n) is 5.16. The van der Waals surface area contributed by atoms with Gasteiger partial charge in [-0.1, -0.05) is 30.3 Å². The normalized spacial score (nSPS) is 18.0. The number of nitrogens with zero attached hydrogens (tertiary/aromatic N) is 2. The Balaban J connectivity index is 1.76. The molecule has 0 spiro atoms. The largest absolute Gasteiger partial charge is 0.507 e. The van der Waals surface area contributed by atoms with Gasteiger partial charge in [0, 0.05) is 24.5 Å². The van der Waals surface area contributed by atoms with Gasteiger partial charge in [0.1, 0.15) is 11.6 Å². The van der Waals surface area contributed by atoms with E-state index in [1.54, 1.807) is 24.5 Å². The summed E-state index contributed by atoms with van der Waals surface area (Å²) in [5.41, 5.74) is 1.97. The molecule has 1 atom stereocenters. The molecule has 30 heavy (non-hydrogen) atoms. The molecule has 1 aromatic heterocycles. The molecule has 0 radical (unpaired) electrons. The predicted molar refractivity (Wildman–Crippen MR) is 110 cm³/mol.